The molecule has 2 aromatic carbocycles. The molecule has 0 aromatic heterocycles. The molecule has 1 atom stereocenters. The molecule has 2 aliphatic heterocycles. The summed E-state index contributed by atoms with van der Waals surface area (Å²) in [7, 11) is 0. The van der Waals surface area contributed by atoms with Crippen LogP contribution in [0, 0.1) is 18.7 Å². The fraction of sp³-hybridized carbons (Fsp3) is 0.519. The molecule has 4 rings (SSSR count). The molecule has 2 aromatic rings. The van der Waals surface area contributed by atoms with E-state index >= 15 is 0 Å². The van der Waals surface area contributed by atoms with E-state index in [-0.39, 0.29) is 63.3 Å². The minimum absolute atomic E-state index is 0. The first-order valence-electron chi connectivity index (χ1n) is 12.3. The third-order valence-electron chi connectivity index (χ3n) is 7.35. The van der Waals surface area contributed by atoms with E-state index in [4.69, 9.17) is 27.9 Å². The van der Waals surface area contributed by atoms with Crippen molar-refractivity contribution in [2.45, 2.75) is 51.2 Å². The van der Waals surface area contributed by atoms with Crippen molar-refractivity contribution in [3.8, 4) is 5.75 Å². The van der Waals surface area contributed by atoms with Crippen LogP contribution in [0.1, 0.15) is 36.8 Å². The van der Waals surface area contributed by atoms with Crippen molar-refractivity contribution in [2.24, 2.45) is 5.92 Å². The van der Waals surface area contributed by atoms with Crippen LogP contribution in [-0.4, -0.2) is 117 Å². The van der Waals surface area contributed by atoms with Crippen LogP contribution in [0.25, 0.3) is 0 Å². The van der Waals surface area contributed by atoms with Crippen LogP contribution >= 0.6 is 23.2 Å². The Morgan fingerprint density at radius 3 is 2.31 bits per heavy atom. The van der Waals surface area contributed by atoms with E-state index in [0.29, 0.717) is 22.4 Å². The SMILES string of the molecule is Cc1c(OC2CCN(CC3CCN([C@@H](Cc4ccc(F)cc4)C(=O)O)CC3)CC2)ccc(Cl)c1Cl.[KH]. The Morgan fingerprint density at radius 2 is 1.69 bits per heavy atom. The molecule has 0 aliphatic carbocycles. The molecule has 2 fully saturated rings. The summed E-state index contributed by atoms with van der Waals surface area (Å²) in [5.74, 6) is 0.258. The van der Waals surface area contributed by atoms with Gasteiger partial charge >= 0.3 is 57.4 Å². The molecule has 0 spiro atoms. The zero-order valence-corrected chi connectivity index (χ0v) is 21.6. The Kier molecular flexibility index (Phi) is 12.0. The Labute approximate surface area is 265 Å². The van der Waals surface area contributed by atoms with Crippen LogP contribution in [-0.2, 0) is 11.2 Å². The molecule has 0 radical (unpaired) electrons. The summed E-state index contributed by atoms with van der Waals surface area (Å²) in [5, 5.41) is 10.9. The van der Waals surface area contributed by atoms with Gasteiger partial charge in [0, 0.05) is 25.2 Å². The van der Waals surface area contributed by atoms with Crippen molar-refractivity contribution in [1.82, 2.24) is 9.80 Å². The molecule has 0 bridgehead atoms. The van der Waals surface area contributed by atoms with Gasteiger partial charge in [-0.3, -0.25) is 9.69 Å². The van der Waals surface area contributed by atoms with Crippen molar-refractivity contribution >= 4 is 80.6 Å². The van der Waals surface area contributed by atoms with Gasteiger partial charge in [-0.1, -0.05) is 35.3 Å². The van der Waals surface area contributed by atoms with Crippen LogP contribution in [0.2, 0.25) is 10.0 Å². The molecule has 9 heteroatoms. The molecule has 0 amide bonds. The summed E-state index contributed by atoms with van der Waals surface area (Å²) < 4.78 is 19.4. The van der Waals surface area contributed by atoms with Gasteiger partial charge in [-0.15, -0.1) is 0 Å². The fourth-order valence-corrected chi connectivity index (χ4v) is 5.54. The molecule has 5 nitrogen and oxygen atoms in total. The number of ether oxygens (including phenoxy) is 1. The number of benzene rings is 2. The number of carbonyl (C=O) groups is 1. The summed E-state index contributed by atoms with van der Waals surface area (Å²) >= 11 is 12.3. The number of nitrogens with zero attached hydrogens (tertiary/aromatic N) is 2. The first-order chi connectivity index (χ1) is 16.8. The molecular weight excluding hydrogens is 529 g/mol. The van der Waals surface area contributed by atoms with E-state index in [2.05, 4.69) is 9.80 Å². The number of aliphatic carboxylic acids is 1. The Hall–Kier alpha value is -0.224. The number of rotatable bonds is 8. The fourth-order valence-electron chi connectivity index (χ4n) is 5.18. The maximum absolute atomic E-state index is 13.2. The van der Waals surface area contributed by atoms with Crippen molar-refractivity contribution in [2.75, 3.05) is 32.7 Å². The Bertz CT molecular complexity index is 1010. The van der Waals surface area contributed by atoms with Crippen LogP contribution < -0.4 is 4.74 Å². The zero-order chi connectivity index (χ0) is 24.9. The van der Waals surface area contributed by atoms with E-state index in [1.807, 2.05) is 13.0 Å². The van der Waals surface area contributed by atoms with E-state index in [9.17, 15) is 14.3 Å². The normalized spacial score (nSPS) is 19.0. The van der Waals surface area contributed by atoms with Crippen LogP contribution in [0.4, 0.5) is 4.39 Å². The third-order valence-corrected chi connectivity index (χ3v) is 8.25. The number of carboxylic acid groups (broad SMARTS) is 1. The van der Waals surface area contributed by atoms with Gasteiger partial charge in [0.15, 0.2) is 0 Å². The molecule has 192 valence electrons. The van der Waals surface area contributed by atoms with Gasteiger partial charge in [-0.05, 0) is 87.9 Å². The summed E-state index contributed by atoms with van der Waals surface area (Å²) in [6.45, 7) is 6.51. The number of hydrogen-bond acceptors (Lipinski definition) is 4. The molecule has 2 heterocycles. The zero-order valence-electron chi connectivity index (χ0n) is 20.1. The van der Waals surface area contributed by atoms with Gasteiger partial charge in [-0.25, -0.2) is 4.39 Å². The first kappa shape index (κ1) is 30.3. The van der Waals surface area contributed by atoms with E-state index < -0.39 is 12.0 Å². The number of carboxylic acids is 1. The van der Waals surface area contributed by atoms with Gasteiger partial charge in [0.2, 0.25) is 0 Å². The van der Waals surface area contributed by atoms with Gasteiger partial charge in [0.25, 0.3) is 0 Å². The molecule has 36 heavy (non-hydrogen) atoms. The summed E-state index contributed by atoms with van der Waals surface area (Å²) in [6, 6.07) is 9.23. The van der Waals surface area contributed by atoms with Crippen LogP contribution in [0.5, 0.6) is 5.75 Å². The number of halogens is 3. The second-order valence-electron chi connectivity index (χ2n) is 9.77. The van der Waals surface area contributed by atoms with Crippen LogP contribution in [0.15, 0.2) is 36.4 Å². The van der Waals surface area contributed by atoms with Crippen LogP contribution in [0.3, 0.4) is 0 Å². The molecule has 1 N–H and O–H groups in total. The van der Waals surface area contributed by atoms with Gasteiger partial charge in [0.1, 0.15) is 23.7 Å². The molecule has 2 saturated heterocycles. The standard InChI is InChI=1S/C27H33Cl2FN2O3.K.H/c1-18-25(7-6-23(28)26(18)29)35-22-10-12-31(13-11-22)17-20-8-14-32(15-9-20)24(27(33)34)16-19-2-4-21(30)5-3-19;;/h2-7,20,22,24H,8-17H2,1H3,(H,33,34);;/t24-;;/m0../s1. The average molecular weight is 564 g/mol. The van der Waals surface area contributed by atoms with Gasteiger partial charge in [0.05, 0.1) is 10.0 Å². The Balaban J connectivity index is 0.00000361. The monoisotopic (exact) mass is 562 g/mol. The second kappa shape index (κ2) is 14.2. The Morgan fingerprint density at radius 1 is 1.06 bits per heavy atom. The van der Waals surface area contributed by atoms with Crippen molar-refractivity contribution in [3.63, 3.8) is 0 Å². The van der Waals surface area contributed by atoms with E-state index in [1.54, 1.807) is 18.2 Å². The van der Waals surface area contributed by atoms with Crippen molar-refractivity contribution in [1.29, 1.82) is 0 Å². The molecule has 0 unspecified atom stereocenters. The third kappa shape index (κ3) is 8.14. The molecular formula is C27H34Cl2FKN2O3. The van der Waals surface area contributed by atoms with Gasteiger partial charge < -0.3 is 14.7 Å². The predicted molar refractivity (Wildman–Crippen MR) is 144 cm³/mol. The minimum atomic E-state index is -0.813. The molecule has 0 saturated carbocycles. The van der Waals surface area contributed by atoms with Crippen molar-refractivity contribution < 1.29 is 19.0 Å². The quantitative estimate of drug-likeness (QED) is 0.456. The number of piperidine rings is 2. The second-order valence-corrected chi connectivity index (χ2v) is 10.6. The topological polar surface area (TPSA) is 53.0 Å². The van der Waals surface area contributed by atoms with E-state index in [0.717, 1.165) is 75.3 Å². The number of hydrogen-bond donors (Lipinski definition) is 1. The summed E-state index contributed by atoms with van der Waals surface area (Å²) in [6.07, 6.45) is 4.49. The molecule has 2 aliphatic rings. The number of likely N-dealkylation sites (tertiary alicyclic amines) is 2. The predicted octanol–water partition coefficient (Wildman–Crippen LogP) is 5.04. The van der Waals surface area contributed by atoms with E-state index in [1.165, 1.54) is 12.1 Å². The first-order valence-corrected chi connectivity index (χ1v) is 13.1. The van der Waals surface area contributed by atoms with Crippen molar-refractivity contribution in [3.05, 3.63) is 63.4 Å². The van der Waals surface area contributed by atoms with Gasteiger partial charge in [-0.2, -0.15) is 0 Å². The summed E-state index contributed by atoms with van der Waals surface area (Å²) in [4.78, 5) is 16.5. The maximum atomic E-state index is 13.2. The summed E-state index contributed by atoms with van der Waals surface area (Å²) in [5.41, 5.74) is 1.73. The average Bonchev–Trinajstić information content (AvgIpc) is 2.85.